The molecule has 2 heteroatoms. The number of rotatable bonds is 6. The van der Waals surface area contributed by atoms with E-state index in [1.807, 2.05) is 6.07 Å². The van der Waals surface area contributed by atoms with E-state index in [9.17, 15) is 0 Å². The van der Waals surface area contributed by atoms with Crippen molar-refractivity contribution in [3.63, 3.8) is 0 Å². The van der Waals surface area contributed by atoms with Crippen LogP contribution in [-0.4, -0.2) is 12.6 Å². The van der Waals surface area contributed by atoms with Gasteiger partial charge in [0.25, 0.3) is 0 Å². The molecule has 1 nitrogen and oxygen atoms in total. The summed E-state index contributed by atoms with van der Waals surface area (Å²) in [7, 11) is 0. The minimum atomic E-state index is 0.509. The van der Waals surface area contributed by atoms with Crippen LogP contribution in [0.1, 0.15) is 38.3 Å². The molecule has 1 atom stereocenters. The van der Waals surface area contributed by atoms with Gasteiger partial charge >= 0.3 is 0 Å². The van der Waals surface area contributed by atoms with Crippen molar-refractivity contribution in [1.82, 2.24) is 5.32 Å². The van der Waals surface area contributed by atoms with Gasteiger partial charge in [-0.05, 0) is 49.4 Å². The number of halogens is 1. The van der Waals surface area contributed by atoms with Gasteiger partial charge in [0, 0.05) is 11.1 Å². The lowest BCUT2D eigenvalue weighted by molar-refractivity contribution is 0.397. The van der Waals surface area contributed by atoms with Gasteiger partial charge in [-0.3, -0.25) is 0 Å². The van der Waals surface area contributed by atoms with Gasteiger partial charge in [-0.15, -0.1) is 0 Å². The lowest BCUT2D eigenvalue weighted by atomic mass is 9.96. The standard InChI is InChI=1S/C15H24ClN/c1-5-8-17-15(11(2)3)10-13-7-6-12(4)9-14(13)16/h6-7,9,11,15,17H,5,8,10H2,1-4H3. The number of hydrogen-bond donors (Lipinski definition) is 1. The molecule has 0 amide bonds. The van der Waals surface area contributed by atoms with Crippen LogP contribution in [0.25, 0.3) is 0 Å². The molecule has 0 radical (unpaired) electrons. The second-order valence-electron chi connectivity index (χ2n) is 5.10. The first kappa shape index (κ1) is 14.5. The predicted octanol–water partition coefficient (Wildman–Crippen LogP) is 4.22. The molecule has 96 valence electrons. The summed E-state index contributed by atoms with van der Waals surface area (Å²) in [5.74, 6) is 0.624. The molecular weight excluding hydrogens is 230 g/mol. The number of nitrogens with one attached hydrogen (secondary N) is 1. The lowest BCUT2D eigenvalue weighted by Crippen LogP contribution is -2.36. The van der Waals surface area contributed by atoms with E-state index in [1.54, 1.807) is 0 Å². The minimum Gasteiger partial charge on any atom is -0.313 e. The van der Waals surface area contributed by atoms with Gasteiger partial charge in [-0.2, -0.15) is 0 Å². The summed E-state index contributed by atoms with van der Waals surface area (Å²) in [5.41, 5.74) is 2.47. The van der Waals surface area contributed by atoms with Crippen molar-refractivity contribution < 1.29 is 0 Å². The molecule has 1 aromatic rings. The quantitative estimate of drug-likeness (QED) is 0.801. The fourth-order valence-corrected chi connectivity index (χ4v) is 2.24. The Bertz CT molecular complexity index is 347. The number of hydrogen-bond acceptors (Lipinski definition) is 1. The lowest BCUT2D eigenvalue weighted by Gasteiger charge is -2.23. The van der Waals surface area contributed by atoms with E-state index < -0.39 is 0 Å². The average molecular weight is 254 g/mol. The topological polar surface area (TPSA) is 12.0 Å². The Morgan fingerprint density at radius 1 is 1.29 bits per heavy atom. The number of benzene rings is 1. The molecule has 0 aliphatic heterocycles. The van der Waals surface area contributed by atoms with Crippen molar-refractivity contribution in [1.29, 1.82) is 0 Å². The Morgan fingerprint density at radius 2 is 2.00 bits per heavy atom. The molecule has 0 aliphatic carbocycles. The predicted molar refractivity (Wildman–Crippen MR) is 76.8 cm³/mol. The van der Waals surface area contributed by atoms with Gasteiger partial charge in [-0.1, -0.05) is 44.5 Å². The Kier molecular flexibility index (Phi) is 6.01. The van der Waals surface area contributed by atoms with E-state index in [-0.39, 0.29) is 0 Å². The summed E-state index contributed by atoms with van der Waals surface area (Å²) < 4.78 is 0. The molecule has 0 saturated carbocycles. The monoisotopic (exact) mass is 253 g/mol. The van der Waals surface area contributed by atoms with Gasteiger partial charge in [0.15, 0.2) is 0 Å². The zero-order valence-corrected chi connectivity index (χ0v) is 12.1. The summed E-state index contributed by atoms with van der Waals surface area (Å²) in [6.07, 6.45) is 2.18. The van der Waals surface area contributed by atoms with Crippen molar-refractivity contribution in [3.05, 3.63) is 34.3 Å². The molecule has 17 heavy (non-hydrogen) atoms. The largest absolute Gasteiger partial charge is 0.313 e. The highest BCUT2D eigenvalue weighted by Gasteiger charge is 2.14. The van der Waals surface area contributed by atoms with Crippen molar-refractivity contribution >= 4 is 11.6 Å². The summed E-state index contributed by atoms with van der Waals surface area (Å²) in [6.45, 7) is 9.87. The van der Waals surface area contributed by atoms with Crippen LogP contribution in [0.3, 0.4) is 0 Å². The van der Waals surface area contributed by atoms with E-state index in [0.29, 0.717) is 12.0 Å². The van der Waals surface area contributed by atoms with E-state index in [0.717, 1.165) is 18.0 Å². The molecule has 0 saturated heterocycles. The van der Waals surface area contributed by atoms with Crippen LogP contribution in [0.5, 0.6) is 0 Å². The minimum absolute atomic E-state index is 0.509. The van der Waals surface area contributed by atoms with E-state index in [2.05, 4.69) is 45.1 Å². The Hall–Kier alpha value is -0.530. The Balaban J connectivity index is 2.71. The smallest absolute Gasteiger partial charge is 0.0441 e. The van der Waals surface area contributed by atoms with Crippen LogP contribution >= 0.6 is 11.6 Å². The zero-order chi connectivity index (χ0) is 12.8. The van der Waals surface area contributed by atoms with Crippen molar-refractivity contribution in [2.75, 3.05) is 6.54 Å². The van der Waals surface area contributed by atoms with E-state index in [4.69, 9.17) is 11.6 Å². The highest BCUT2D eigenvalue weighted by molar-refractivity contribution is 6.31. The summed E-state index contributed by atoms with van der Waals surface area (Å²) in [4.78, 5) is 0. The van der Waals surface area contributed by atoms with Crippen LogP contribution in [0.15, 0.2) is 18.2 Å². The normalized spacial score (nSPS) is 13.1. The van der Waals surface area contributed by atoms with Crippen LogP contribution in [0.2, 0.25) is 5.02 Å². The van der Waals surface area contributed by atoms with Gasteiger partial charge in [0.05, 0.1) is 0 Å². The maximum absolute atomic E-state index is 6.28. The molecule has 0 spiro atoms. The first-order valence-electron chi connectivity index (χ1n) is 6.53. The summed E-state index contributed by atoms with van der Waals surface area (Å²) >= 11 is 6.28. The van der Waals surface area contributed by atoms with Gasteiger partial charge in [-0.25, -0.2) is 0 Å². The second-order valence-corrected chi connectivity index (χ2v) is 5.51. The molecule has 0 bridgehead atoms. The highest BCUT2D eigenvalue weighted by Crippen LogP contribution is 2.20. The van der Waals surface area contributed by atoms with Crippen molar-refractivity contribution in [2.45, 2.75) is 46.6 Å². The SMILES string of the molecule is CCCNC(Cc1ccc(C)cc1Cl)C(C)C. The maximum atomic E-state index is 6.28. The molecule has 1 rings (SSSR count). The average Bonchev–Trinajstić information content (AvgIpc) is 2.26. The van der Waals surface area contributed by atoms with Gasteiger partial charge in [0.1, 0.15) is 0 Å². The maximum Gasteiger partial charge on any atom is 0.0441 e. The van der Waals surface area contributed by atoms with Crippen LogP contribution in [0.4, 0.5) is 0 Å². The molecule has 0 fully saturated rings. The van der Waals surface area contributed by atoms with Crippen LogP contribution in [0, 0.1) is 12.8 Å². The number of aryl methyl sites for hydroxylation is 1. The van der Waals surface area contributed by atoms with E-state index >= 15 is 0 Å². The van der Waals surface area contributed by atoms with Crippen molar-refractivity contribution in [3.8, 4) is 0 Å². The zero-order valence-electron chi connectivity index (χ0n) is 11.4. The molecule has 1 N–H and O–H groups in total. The highest BCUT2D eigenvalue weighted by atomic mass is 35.5. The van der Waals surface area contributed by atoms with Gasteiger partial charge < -0.3 is 5.32 Å². The molecule has 0 heterocycles. The first-order chi connectivity index (χ1) is 8.04. The van der Waals surface area contributed by atoms with Crippen LogP contribution < -0.4 is 5.32 Å². The molecule has 0 aromatic heterocycles. The molecular formula is C15H24ClN. The second kappa shape index (κ2) is 7.03. The third-order valence-electron chi connectivity index (χ3n) is 3.11. The fraction of sp³-hybridized carbons (Fsp3) is 0.600. The van der Waals surface area contributed by atoms with E-state index in [1.165, 1.54) is 17.5 Å². The third kappa shape index (κ3) is 4.69. The molecule has 1 unspecified atom stereocenters. The van der Waals surface area contributed by atoms with Gasteiger partial charge in [0.2, 0.25) is 0 Å². The first-order valence-corrected chi connectivity index (χ1v) is 6.90. The Labute approximate surface area is 111 Å². The molecule has 0 aliphatic rings. The summed E-state index contributed by atoms with van der Waals surface area (Å²) in [6, 6.07) is 6.85. The summed E-state index contributed by atoms with van der Waals surface area (Å²) in [5, 5.41) is 4.50. The van der Waals surface area contributed by atoms with Crippen LogP contribution in [-0.2, 0) is 6.42 Å². The Morgan fingerprint density at radius 3 is 2.53 bits per heavy atom. The molecule has 1 aromatic carbocycles. The van der Waals surface area contributed by atoms with Crippen molar-refractivity contribution in [2.24, 2.45) is 5.92 Å². The third-order valence-corrected chi connectivity index (χ3v) is 3.46. The fourth-order valence-electron chi connectivity index (χ4n) is 1.93.